The maximum atomic E-state index is 12.2. The van der Waals surface area contributed by atoms with Gasteiger partial charge in [-0.1, -0.05) is 11.6 Å². The molecule has 20 heavy (non-hydrogen) atoms. The van der Waals surface area contributed by atoms with Crippen molar-refractivity contribution in [3.05, 3.63) is 51.2 Å². The molecule has 2 aromatic rings. The predicted molar refractivity (Wildman–Crippen MR) is 70.1 cm³/mol. The highest BCUT2D eigenvalue weighted by molar-refractivity contribution is 6.30. The zero-order valence-electron chi connectivity index (χ0n) is 10.0. The van der Waals surface area contributed by atoms with Crippen LogP contribution in [0.15, 0.2) is 29.1 Å². The molecule has 0 aliphatic carbocycles. The molecular formula is C13H6ClN5O. The molecule has 0 unspecified atom stereocenters. The van der Waals surface area contributed by atoms with Gasteiger partial charge in [0.2, 0.25) is 0 Å². The summed E-state index contributed by atoms with van der Waals surface area (Å²) in [6.45, 7) is -0.295. The Kier molecular flexibility index (Phi) is 3.57. The van der Waals surface area contributed by atoms with Gasteiger partial charge in [0, 0.05) is 5.02 Å². The van der Waals surface area contributed by atoms with E-state index in [2.05, 4.69) is 0 Å². The molecule has 0 fully saturated rings. The van der Waals surface area contributed by atoms with Gasteiger partial charge in [-0.15, -0.1) is 0 Å². The highest BCUT2D eigenvalue weighted by atomic mass is 35.5. The van der Waals surface area contributed by atoms with Crippen LogP contribution in [0.5, 0.6) is 0 Å². The SMILES string of the molecule is N#CCn1c(C#N)c(C#N)n(-c2ccc(Cl)cc2)c1=O. The van der Waals surface area contributed by atoms with Gasteiger partial charge < -0.3 is 0 Å². The summed E-state index contributed by atoms with van der Waals surface area (Å²) in [6.07, 6.45) is 0. The van der Waals surface area contributed by atoms with Crippen LogP contribution in [0.25, 0.3) is 5.69 Å². The fraction of sp³-hybridized carbons (Fsp3) is 0.0769. The molecule has 0 amide bonds. The van der Waals surface area contributed by atoms with Gasteiger partial charge >= 0.3 is 5.69 Å². The van der Waals surface area contributed by atoms with Gasteiger partial charge in [0.05, 0.1) is 11.8 Å². The molecule has 0 bridgehead atoms. The van der Waals surface area contributed by atoms with Gasteiger partial charge in [0.1, 0.15) is 18.7 Å². The summed E-state index contributed by atoms with van der Waals surface area (Å²) in [7, 11) is 0. The fourth-order valence-corrected chi connectivity index (χ4v) is 1.94. The van der Waals surface area contributed by atoms with E-state index >= 15 is 0 Å². The standard InChI is InChI=1S/C13H6ClN5O/c14-9-1-3-10(4-2-9)19-12(8-17)11(7-16)18(6-5-15)13(19)20/h1-4H,6H2. The quantitative estimate of drug-likeness (QED) is 0.835. The molecule has 2 rings (SSSR count). The van der Waals surface area contributed by atoms with E-state index in [4.69, 9.17) is 27.4 Å². The van der Waals surface area contributed by atoms with E-state index in [0.717, 1.165) is 9.13 Å². The molecule has 0 radical (unpaired) electrons. The topological polar surface area (TPSA) is 98.3 Å². The summed E-state index contributed by atoms with van der Waals surface area (Å²) < 4.78 is 2.05. The highest BCUT2D eigenvalue weighted by Crippen LogP contribution is 2.16. The van der Waals surface area contributed by atoms with Crippen molar-refractivity contribution in [3.63, 3.8) is 0 Å². The Morgan fingerprint density at radius 1 is 1.05 bits per heavy atom. The number of hydrogen-bond donors (Lipinski definition) is 0. The number of benzene rings is 1. The molecule has 1 heterocycles. The van der Waals surface area contributed by atoms with Crippen molar-refractivity contribution in [2.24, 2.45) is 0 Å². The third-order valence-corrected chi connectivity index (χ3v) is 2.92. The first-order chi connectivity index (χ1) is 9.63. The molecule has 0 saturated heterocycles. The van der Waals surface area contributed by atoms with Crippen molar-refractivity contribution in [2.75, 3.05) is 0 Å². The Morgan fingerprint density at radius 3 is 2.15 bits per heavy atom. The largest absolute Gasteiger partial charge is 0.335 e. The Hall–Kier alpha value is -3.01. The lowest BCUT2D eigenvalue weighted by Gasteiger charge is -2.02. The second-order valence-corrected chi connectivity index (χ2v) is 4.20. The van der Waals surface area contributed by atoms with Crippen LogP contribution in [-0.2, 0) is 6.54 Å². The maximum Gasteiger partial charge on any atom is 0.335 e. The van der Waals surface area contributed by atoms with Crippen molar-refractivity contribution in [3.8, 4) is 23.9 Å². The van der Waals surface area contributed by atoms with Gasteiger partial charge in [0.15, 0.2) is 11.4 Å². The van der Waals surface area contributed by atoms with Crippen LogP contribution in [0.4, 0.5) is 0 Å². The van der Waals surface area contributed by atoms with Crippen LogP contribution >= 0.6 is 11.6 Å². The number of hydrogen-bond acceptors (Lipinski definition) is 4. The Bertz CT molecular complexity index is 840. The lowest BCUT2D eigenvalue weighted by Crippen LogP contribution is -2.23. The first-order valence-electron chi connectivity index (χ1n) is 5.42. The first-order valence-corrected chi connectivity index (χ1v) is 5.80. The molecule has 0 saturated carbocycles. The Morgan fingerprint density at radius 2 is 1.65 bits per heavy atom. The van der Waals surface area contributed by atoms with Crippen molar-refractivity contribution >= 4 is 11.6 Å². The zero-order chi connectivity index (χ0) is 14.7. The minimum atomic E-state index is -0.609. The van der Waals surface area contributed by atoms with Gasteiger partial charge in [-0.3, -0.25) is 9.13 Å². The molecule has 0 N–H and O–H groups in total. The highest BCUT2D eigenvalue weighted by Gasteiger charge is 2.20. The van der Waals surface area contributed by atoms with Crippen molar-refractivity contribution in [2.45, 2.75) is 6.54 Å². The average molecular weight is 284 g/mol. The van der Waals surface area contributed by atoms with E-state index in [1.807, 2.05) is 6.07 Å². The number of imidazole rings is 1. The summed E-state index contributed by atoms with van der Waals surface area (Å²) in [4.78, 5) is 12.2. The molecule has 6 nitrogen and oxygen atoms in total. The van der Waals surface area contributed by atoms with E-state index in [1.165, 1.54) is 0 Å². The lowest BCUT2D eigenvalue weighted by molar-refractivity contribution is 0.758. The predicted octanol–water partition coefficient (Wildman–Crippen LogP) is 1.56. The van der Waals surface area contributed by atoms with Gasteiger partial charge in [-0.2, -0.15) is 15.8 Å². The minimum Gasteiger partial charge on any atom is -0.268 e. The summed E-state index contributed by atoms with van der Waals surface area (Å²) in [6, 6.07) is 11.7. The van der Waals surface area contributed by atoms with Crippen LogP contribution in [0.2, 0.25) is 5.02 Å². The molecule has 0 atom stereocenters. The first kappa shape index (κ1) is 13.4. The van der Waals surface area contributed by atoms with Gasteiger partial charge in [0.25, 0.3) is 0 Å². The van der Waals surface area contributed by atoms with E-state index in [-0.39, 0.29) is 17.9 Å². The molecule has 1 aromatic carbocycles. The lowest BCUT2D eigenvalue weighted by atomic mass is 10.3. The van der Waals surface area contributed by atoms with Crippen LogP contribution in [-0.4, -0.2) is 9.13 Å². The molecule has 0 spiro atoms. The third kappa shape index (κ3) is 2.03. The summed E-state index contributed by atoms with van der Waals surface area (Å²) in [5, 5.41) is 27.4. The van der Waals surface area contributed by atoms with E-state index < -0.39 is 5.69 Å². The second-order valence-electron chi connectivity index (χ2n) is 3.76. The van der Waals surface area contributed by atoms with Gasteiger partial charge in [-0.05, 0) is 24.3 Å². The number of nitrogens with zero attached hydrogens (tertiary/aromatic N) is 5. The number of halogens is 1. The van der Waals surface area contributed by atoms with Crippen LogP contribution in [0, 0.1) is 34.0 Å². The molecule has 7 heteroatoms. The zero-order valence-corrected chi connectivity index (χ0v) is 10.8. The molecule has 1 aromatic heterocycles. The number of nitriles is 3. The molecule has 96 valence electrons. The van der Waals surface area contributed by atoms with Gasteiger partial charge in [-0.25, -0.2) is 4.79 Å². The molecule has 0 aliphatic heterocycles. The average Bonchev–Trinajstić information content (AvgIpc) is 2.72. The smallest absolute Gasteiger partial charge is 0.268 e. The van der Waals surface area contributed by atoms with Crippen LogP contribution in [0.1, 0.15) is 11.4 Å². The molecule has 0 aliphatic rings. The number of rotatable bonds is 2. The Balaban J connectivity index is 2.81. The maximum absolute atomic E-state index is 12.2. The molecular weight excluding hydrogens is 278 g/mol. The van der Waals surface area contributed by atoms with Crippen LogP contribution in [0.3, 0.4) is 0 Å². The summed E-state index contributed by atoms with van der Waals surface area (Å²) in [5.41, 5.74) is -0.435. The Labute approximate surface area is 118 Å². The van der Waals surface area contributed by atoms with E-state index in [1.54, 1.807) is 36.4 Å². The van der Waals surface area contributed by atoms with Crippen LogP contribution < -0.4 is 5.69 Å². The van der Waals surface area contributed by atoms with E-state index in [9.17, 15) is 4.79 Å². The summed E-state index contributed by atoms with van der Waals surface area (Å²) >= 11 is 5.77. The monoisotopic (exact) mass is 283 g/mol. The van der Waals surface area contributed by atoms with Crippen molar-refractivity contribution in [1.82, 2.24) is 9.13 Å². The fourth-order valence-electron chi connectivity index (χ4n) is 1.81. The minimum absolute atomic E-state index is 0.102. The normalized spacial score (nSPS) is 9.50. The third-order valence-electron chi connectivity index (χ3n) is 2.67. The second kappa shape index (κ2) is 5.32. The summed E-state index contributed by atoms with van der Waals surface area (Å²) in [5.74, 6) is 0. The van der Waals surface area contributed by atoms with Crippen molar-refractivity contribution < 1.29 is 0 Å². The van der Waals surface area contributed by atoms with Crippen molar-refractivity contribution in [1.29, 1.82) is 15.8 Å². The van der Waals surface area contributed by atoms with E-state index in [0.29, 0.717) is 10.7 Å². The number of aromatic nitrogens is 2.